The first-order valence-electron chi connectivity index (χ1n) is 10.0. The number of rotatable bonds is 11. The summed E-state index contributed by atoms with van der Waals surface area (Å²) in [5.41, 5.74) is 1.35. The van der Waals surface area contributed by atoms with Gasteiger partial charge in [-0.1, -0.05) is 18.9 Å². The minimum atomic E-state index is -1.06. The van der Waals surface area contributed by atoms with Crippen molar-refractivity contribution in [3.8, 4) is 0 Å². The van der Waals surface area contributed by atoms with Crippen LogP contribution in [0.25, 0.3) is 0 Å². The molecule has 1 aliphatic carbocycles. The van der Waals surface area contributed by atoms with Gasteiger partial charge in [-0.25, -0.2) is 0 Å². The Morgan fingerprint density at radius 1 is 1.00 bits per heavy atom. The van der Waals surface area contributed by atoms with Crippen LogP contribution in [-0.4, -0.2) is 74.6 Å². The van der Waals surface area contributed by atoms with Crippen LogP contribution in [0.4, 0.5) is 0 Å². The van der Waals surface area contributed by atoms with Gasteiger partial charge < -0.3 is 19.7 Å². The van der Waals surface area contributed by atoms with Gasteiger partial charge in [0.1, 0.15) is 0 Å². The number of aliphatic hydroxyl groups is 1. The molecule has 10 nitrogen and oxygen atoms in total. The van der Waals surface area contributed by atoms with E-state index in [0.29, 0.717) is 30.6 Å². The van der Waals surface area contributed by atoms with E-state index < -0.39 is 17.9 Å². The molecule has 1 unspecified atom stereocenters. The van der Waals surface area contributed by atoms with Crippen LogP contribution in [0, 0.1) is 14.2 Å². The smallest absolute Gasteiger partial charge is 0.317 e. The third-order valence-electron chi connectivity index (χ3n) is 5.39. The summed E-state index contributed by atoms with van der Waals surface area (Å²) in [6.45, 7) is -0.430. The van der Waals surface area contributed by atoms with Crippen molar-refractivity contribution < 1.29 is 51.1 Å². The zero-order chi connectivity index (χ0) is 22.8. The molecule has 179 valence electrons. The summed E-state index contributed by atoms with van der Waals surface area (Å²) >= 11 is 0. The molecule has 1 aromatic heterocycles. The molecule has 0 spiro atoms. The summed E-state index contributed by atoms with van der Waals surface area (Å²) in [7, 11) is 6.29. The Balaban J connectivity index is 0.00000512. The Morgan fingerprint density at radius 3 is 2.03 bits per heavy atom. The van der Waals surface area contributed by atoms with Gasteiger partial charge >= 0.3 is 5.97 Å². The molecule has 1 heterocycles. The van der Waals surface area contributed by atoms with E-state index in [2.05, 4.69) is 28.7 Å². The number of carboxylic acids is 1. The third-order valence-corrected chi connectivity index (χ3v) is 5.39. The largest absolute Gasteiger partial charge is 0.639 e. The van der Waals surface area contributed by atoms with Crippen molar-refractivity contribution in [1.82, 2.24) is 14.8 Å². The molecule has 2 N–H and O–H groups in total. The number of esters is 2. The second-order valence-electron chi connectivity index (χ2n) is 7.47. The van der Waals surface area contributed by atoms with Crippen molar-refractivity contribution in [1.29, 1.82) is 0 Å². The van der Waals surface area contributed by atoms with Crippen LogP contribution in [0.2, 0.25) is 0 Å². The Morgan fingerprint density at radius 2 is 1.56 bits per heavy atom. The van der Waals surface area contributed by atoms with E-state index in [1.807, 2.05) is 4.90 Å². The van der Waals surface area contributed by atoms with Gasteiger partial charge in [-0.3, -0.25) is 29.2 Å². The molecule has 1 aliphatic rings. The van der Waals surface area contributed by atoms with Crippen molar-refractivity contribution in [2.45, 2.75) is 50.9 Å². The average molecular weight is 490 g/mol. The molecule has 32 heavy (non-hydrogen) atoms. The van der Waals surface area contributed by atoms with E-state index in [0.717, 1.165) is 12.8 Å². The van der Waals surface area contributed by atoms with Crippen LogP contribution in [0.3, 0.4) is 0 Å². The van der Waals surface area contributed by atoms with Crippen molar-refractivity contribution in [2.75, 3.05) is 19.6 Å². The predicted octanol–water partition coefficient (Wildman–Crippen LogP) is 0.741. The maximum absolute atomic E-state index is 12.1. The Kier molecular flexibility index (Phi) is 12.4. The van der Waals surface area contributed by atoms with Crippen LogP contribution >= 0.6 is 0 Å². The first kappa shape index (κ1) is 28.0. The fourth-order valence-corrected chi connectivity index (χ4v) is 3.97. The topological polar surface area (TPSA) is 130 Å². The Hall–Kier alpha value is -2.04. The number of aliphatic carboxylic acids is 1. The van der Waals surface area contributed by atoms with Crippen LogP contribution in [0.5, 0.6) is 0 Å². The van der Waals surface area contributed by atoms with Gasteiger partial charge in [0.25, 0.3) is 11.9 Å². The third kappa shape index (κ3) is 8.48. The van der Waals surface area contributed by atoms with E-state index in [1.54, 1.807) is 23.2 Å². The number of hydrogen-bond donors (Lipinski definition) is 2. The number of carboxylic acid groups (broad SMARTS) is 1. The summed E-state index contributed by atoms with van der Waals surface area (Å²) in [6.07, 6.45) is 4.70. The molecule has 1 saturated carbocycles. The maximum Gasteiger partial charge on any atom is 0.317 e. The molecule has 2 rings (SSSR count). The predicted molar refractivity (Wildman–Crippen MR) is 109 cm³/mol. The molecule has 1 radical (unpaired) electrons. The second kappa shape index (κ2) is 14.2. The number of aliphatic hydroxyl groups excluding tert-OH is 1. The van der Waals surface area contributed by atoms with Crippen molar-refractivity contribution >= 4 is 17.9 Å². The second-order valence-corrected chi connectivity index (χ2v) is 7.47. The number of aromatic nitrogens is 1. The number of nitrogens with zero attached hydrogens (tertiary/aromatic N) is 3. The van der Waals surface area contributed by atoms with Gasteiger partial charge in [-0.05, 0) is 24.5 Å². The molecule has 0 bridgehead atoms. The van der Waals surface area contributed by atoms with Crippen molar-refractivity contribution in [3.05, 3.63) is 43.8 Å². The van der Waals surface area contributed by atoms with E-state index in [4.69, 9.17) is 0 Å². The molecule has 0 aliphatic heterocycles. The van der Waals surface area contributed by atoms with Crippen molar-refractivity contribution in [3.63, 3.8) is 0 Å². The van der Waals surface area contributed by atoms with E-state index in [1.165, 1.54) is 0 Å². The maximum atomic E-state index is 12.1. The Labute approximate surface area is 198 Å². The summed E-state index contributed by atoms with van der Waals surface area (Å²) in [5, 5.41) is 18.6. The standard InChI is InChI=1S/C21H29N3O7.Mn/c1-30-20(28)12-23(10-16-8-7-15(14-25)9-22-16)17-5-3-4-6-18(17)24(11-19(26)27)13-21(29)31-2;/h7-9,17-18,25H,1-6,10-14H2,(H,26,27);/q-2;/t17-,18?;/m0./s1. The number of pyridine rings is 1. The van der Waals surface area contributed by atoms with Gasteiger partial charge in [0.05, 0.1) is 31.9 Å². The SMILES string of the molecule is [CH2-]OC(=O)CN(CC(=O)O)C1CCCC[C@@H]1N(CC(=O)O[CH2-])Cc1ccc(CO)cn1.[Mn]. The van der Waals surface area contributed by atoms with Gasteiger partial charge in [0.2, 0.25) is 0 Å². The fourth-order valence-electron chi connectivity index (χ4n) is 3.97. The monoisotopic (exact) mass is 490 g/mol. The van der Waals surface area contributed by atoms with Crippen LogP contribution in [0.15, 0.2) is 18.3 Å². The zero-order valence-electron chi connectivity index (χ0n) is 17.8. The van der Waals surface area contributed by atoms with E-state index in [9.17, 15) is 24.6 Å². The number of carbonyl (C=O) groups excluding carboxylic acids is 2. The molecule has 0 saturated heterocycles. The van der Waals surface area contributed by atoms with E-state index >= 15 is 0 Å². The molecule has 11 heteroatoms. The molecular formula is C21H29MnN3O7-2. The van der Waals surface area contributed by atoms with Crippen LogP contribution in [-0.2, 0) is 54.1 Å². The van der Waals surface area contributed by atoms with Gasteiger partial charge in [0, 0.05) is 41.9 Å². The summed E-state index contributed by atoms with van der Waals surface area (Å²) in [4.78, 5) is 43.1. The first-order valence-corrected chi connectivity index (χ1v) is 10.0. The number of carbonyl (C=O) groups is 3. The van der Waals surface area contributed by atoms with E-state index in [-0.39, 0.29) is 55.4 Å². The molecule has 0 amide bonds. The summed E-state index contributed by atoms with van der Waals surface area (Å²) in [5.74, 6) is -2.22. The van der Waals surface area contributed by atoms with Crippen LogP contribution in [0.1, 0.15) is 36.9 Å². The van der Waals surface area contributed by atoms with Crippen LogP contribution < -0.4 is 0 Å². The van der Waals surface area contributed by atoms with Crippen molar-refractivity contribution in [2.24, 2.45) is 0 Å². The first-order chi connectivity index (χ1) is 14.9. The molecule has 0 aromatic carbocycles. The number of ether oxygens (including phenoxy) is 2. The average Bonchev–Trinajstić information content (AvgIpc) is 2.78. The fraction of sp³-hybridized carbons (Fsp3) is 0.524. The molecule has 2 atom stereocenters. The molecular weight excluding hydrogens is 461 g/mol. The minimum Gasteiger partial charge on any atom is -0.639 e. The zero-order valence-corrected chi connectivity index (χ0v) is 19.0. The van der Waals surface area contributed by atoms with Gasteiger partial charge in [0.15, 0.2) is 0 Å². The molecule has 1 aromatic rings. The summed E-state index contributed by atoms with van der Waals surface area (Å²) in [6, 6.07) is 3.00. The van der Waals surface area contributed by atoms with Gasteiger partial charge in [-0.2, -0.15) is 14.2 Å². The minimum absolute atomic E-state index is 0. The Bertz CT molecular complexity index is 747. The number of hydrogen-bond acceptors (Lipinski definition) is 9. The van der Waals surface area contributed by atoms with Gasteiger partial charge in [-0.15, -0.1) is 0 Å². The quantitative estimate of drug-likeness (QED) is 0.260. The molecule has 1 fully saturated rings. The summed E-state index contributed by atoms with van der Waals surface area (Å²) < 4.78 is 9.11. The normalized spacial score (nSPS) is 18.2.